The lowest BCUT2D eigenvalue weighted by Crippen LogP contribution is -2.05. The summed E-state index contributed by atoms with van der Waals surface area (Å²) >= 11 is 1.70. The van der Waals surface area contributed by atoms with Crippen molar-refractivity contribution in [2.24, 2.45) is 0 Å². The standard InChI is InChI=1S/C12H19N5OS/c1-3-5-13-12-16-10-9(14-8-15-10)11(17-12)19-7-4-6-18-2/h8H,3-7H2,1-2H3,(H2,13,14,15,16,17). The average Bonchev–Trinajstić information content (AvgIpc) is 2.89. The lowest BCUT2D eigenvalue weighted by Gasteiger charge is -2.06. The number of anilines is 1. The predicted molar refractivity (Wildman–Crippen MR) is 77.7 cm³/mol. The van der Waals surface area contributed by atoms with Crippen LogP contribution in [-0.2, 0) is 4.74 Å². The number of aromatic nitrogens is 4. The van der Waals surface area contributed by atoms with E-state index in [1.54, 1.807) is 25.2 Å². The van der Waals surface area contributed by atoms with Crippen LogP contribution in [0.4, 0.5) is 5.95 Å². The van der Waals surface area contributed by atoms with Crippen LogP contribution in [0, 0.1) is 0 Å². The number of nitrogens with zero attached hydrogens (tertiary/aromatic N) is 3. The first-order valence-electron chi connectivity index (χ1n) is 6.42. The maximum atomic E-state index is 5.05. The normalized spacial score (nSPS) is 11.1. The Kier molecular flexibility index (Phi) is 5.41. The molecule has 0 aliphatic rings. The van der Waals surface area contributed by atoms with Crippen LogP contribution in [0.2, 0.25) is 0 Å². The third-order valence-electron chi connectivity index (χ3n) is 2.52. The van der Waals surface area contributed by atoms with Crippen molar-refractivity contribution < 1.29 is 4.74 Å². The van der Waals surface area contributed by atoms with E-state index in [0.717, 1.165) is 42.3 Å². The second kappa shape index (κ2) is 7.30. The largest absolute Gasteiger partial charge is 0.385 e. The Labute approximate surface area is 116 Å². The van der Waals surface area contributed by atoms with E-state index >= 15 is 0 Å². The highest BCUT2D eigenvalue weighted by Gasteiger charge is 2.10. The van der Waals surface area contributed by atoms with Crippen molar-refractivity contribution in [2.45, 2.75) is 24.8 Å². The first-order chi connectivity index (χ1) is 9.35. The fraction of sp³-hybridized carbons (Fsp3) is 0.583. The van der Waals surface area contributed by atoms with E-state index < -0.39 is 0 Å². The minimum atomic E-state index is 0.649. The van der Waals surface area contributed by atoms with Crippen LogP contribution in [0.5, 0.6) is 0 Å². The summed E-state index contributed by atoms with van der Waals surface area (Å²) < 4.78 is 5.05. The number of hydrogen-bond donors (Lipinski definition) is 2. The van der Waals surface area contributed by atoms with Gasteiger partial charge in [0.1, 0.15) is 10.5 Å². The lowest BCUT2D eigenvalue weighted by atomic mass is 10.5. The summed E-state index contributed by atoms with van der Waals surface area (Å²) in [5.74, 6) is 1.61. The third-order valence-corrected chi connectivity index (χ3v) is 3.58. The Balaban J connectivity index is 2.12. The van der Waals surface area contributed by atoms with Crippen molar-refractivity contribution in [3.63, 3.8) is 0 Å². The van der Waals surface area contributed by atoms with Crippen molar-refractivity contribution in [1.29, 1.82) is 0 Å². The molecule has 2 rings (SSSR count). The second-order valence-corrected chi connectivity index (χ2v) is 5.16. The number of nitrogens with one attached hydrogen (secondary N) is 2. The molecule has 2 heterocycles. The molecule has 0 fully saturated rings. The van der Waals surface area contributed by atoms with Crippen molar-refractivity contribution in [3.8, 4) is 0 Å². The van der Waals surface area contributed by atoms with Gasteiger partial charge in [0.25, 0.3) is 0 Å². The molecule has 2 N–H and O–H groups in total. The number of fused-ring (bicyclic) bond motifs is 1. The molecule has 0 saturated carbocycles. The van der Waals surface area contributed by atoms with Crippen LogP contribution in [0.15, 0.2) is 11.4 Å². The average molecular weight is 281 g/mol. The highest BCUT2D eigenvalue weighted by atomic mass is 32.2. The zero-order chi connectivity index (χ0) is 13.5. The Morgan fingerprint density at radius 1 is 1.42 bits per heavy atom. The van der Waals surface area contributed by atoms with Gasteiger partial charge >= 0.3 is 0 Å². The molecule has 0 aliphatic heterocycles. The van der Waals surface area contributed by atoms with E-state index in [9.17, 15) is 0 Å². The van der Waals surface area contributed by atoms with Gasteiger partial charge in [-0.25, -0.2) is 9.97 Å². The van der Waals surface area contributed by atoms with Crippen LogP contribution >= 0.6 is 11.8 Å². The van der Waals surface area contributed by atoms with Gasteiger partial charge in [0.2, 0.25) is 5.95 Å². The van der Waals surface area contributed by atoms with Gasteiger partial charge in [0, 0.05) is 26.0 Å². The zero-order valence-electron chi connectivity index (χ0n) is 11.3. The predicted octanol–water partition coefficient (Wildman–Crippen LogP) is 2.30. The lowest BCUT2D eigenvalue weighted by molar-refractivity contribution is 0.200. The van der Waals surface area contributed by atoms with Gasteiger partial charge in [0.05, 0.1) is 6.33 Å². The Bertz CT molecular complexity index is 516. The first-order valence-corrected chi connectivity index (χ1v) is 7.40. The van der Waals surface area contributed by atoms with Gasteiger partial charge in [-0.3, -0.25) is 0 Å². The van der Waals surface area contributed by atoms with Gasteiger partial charge < -0.3 is 15.0 Å². The van der Waals surface area contributed by atoms with Crippen LogP contribution in [0.25, 0.3) is 11.2 Å². The molecule has 0 radical (unpaired) electrons. The van der Waals surface area contributed by atoms with Crippen molar-refractivity contribution >= 4 is 28.9 Å². The van der Waals surface area contributed by atoms with Crippen LogP contribution < -0.4 is 5.32 Å². The monoisotopic (exact) mass is 281 g/mol. The number of H-pyrrole nitrogens is 1. The van der Waals surface area contributed by atoms with Gasteiger partial charge in [-0.15, -0.1) is 11.8 Å². The van der Waals surface area contributed by atoms with E-state index in [1.165, 1.54) is 0 Å². The van der Waals surface area contributed by atoms with Gasteiger partial charge in [-0.2, -0.15) is 4.98 Å². The van der Waals surface area contributed by atoms with Crippen LogP contribution in [0.1, 0.15) is 19.8 Å². The molecule has 7 heteroatoms. The van der Waals surface area contributed by atoms with Crippen molar-refractivity contribution in [3.05, 3.63) is 6.33 Å². The quantitative estimate of drug-likeness (QED) is 0.439. The highest BCUT2D eigenvalue weighted by Crippen LogP contribution is 2.24. The number of ether oxygens (including phenoxy) is 1. The molecule has 6 nitrogen and oxygen atoms in total. The first kappa shape index (κ1) is 14.1. The zero-order valence-corrected chi connectivity index (χ0v) is 12.1. The molecule has 0 saturated heterocycles. The molecule has 2 aromatic heterocycles. The topological polar surface area (TPSA) is 75.7 Å². The molecule has 0 aliphatic carbocycles. The molecule has 0 unspecified atom stereocenters. The fourth-order valence-electron chi connectivity index (χ4n) is 1.60. The van der Waals surface area contributed by atoms with E-state index in [4.69, 9.17) is 4.74 Å². The van der Waals surface area contributed by atoms with Crippen molar-refractivity contribution in [2.75, 3.05) is 31.3 Å². The second-order valence-electron chi connectivity index (χ2n) is 4.08. The van der Waals surface area contributed by atoms with Crippen LogP contribution in [0.3, 0.4) is 0 Å². The Morgan fingerprint density at radius 2 is 2.32 bits per heavy atom. The third kappa shape index (κ3) is 3.81. The molecule has 0 bridgehead atoms. The summed E-state index contributed by atoms with van der Waals surface area (Å²) in [6, 6.07) is 0. The smallest absolute Gasteiger partial charge is 0.225 e. The van der Waals surface area contributed by atoms with Gasteiger partial charge in [-0.05, 0) is 12.8 Å². The van der Waals surface area contributed by atoms with E-state index in [2.05, 4.69) is 32.2 Å². The van der Waals surface area contributed by atoms with E-state index in [1.807, 2.05) is 0 Å². The minimum absolute atomic E-state index is 0.649. The van der Waals surface area contributed by atoms with Gasteiger partial charge in [0.15, 0.2) is 5.65 Å². The maximum Gasteiger partial charge on any atom is 0.225 e. The van der Waals surface area contributed by atoms with E-state index in [-0.39, 0.29) is 0 Å². The number of aromatic amines is 1. The maximum absolute atomic E-state index is 5.05. The summed E-state index contributed by atoms with van der Waals surface area (Å²) in [7, 11) is 1.72. The Hall–Kier alpha value is -1.34. The highest BCUT2D eigenvalue weighted by molar-refractivity contribution is 7.99. The van der Waals surface area contributed by atoms with Crippen molar-refractivity contribution in [1.82, 2.24) is 19.9 Å². The fourth-order valence-corrected chi connectivity index (χ4v) is 2.50. The van der Waals surface area contributed by atoms with Gasteiger partial charge in [-0.1, -0.05) is 6.92 Å². The summed E-state index contributed by atoms with van der Waals surface area (Å²) in [5, 5.41) is 4.15. The Morgan fingerprint density at radius 3 is 3.11 bits per heavy atom. The number of hydrogen-bond acceptors (Lipinski definition) is 6. The molecular formula is C12H19N5OS. The molecule has 0 atom stereocenters. The number of methoxy groups -OCH3 is 1. The summed E-state index contributed by atoms with van der Waals surface area (Å²) in [6.45, 7) is 3.75. The molecule has 0 aromatic carbocycles. The molecule has 104 valence electrons. The molecule has 2 aromatic rings. The molecule has 0 amide bonds. The van der Waals surface area contributed by atoms with E-state index in [0.29, 0.717) is 11.6 Å². The summed E-state index contributed by atoms with van der Waals surface area (Å²) in [5.41, 5.74) is 1.62. The summed E-state index contributed by atoms with van der Waals surface area (Å²) in [4.78, 5) is 16.2. The number of thioether (sulfide) groups is 1. The minimum Gasteiger partial charge on any atom is -0.385 e. The molecular weight excluding hydrogens is 262 g/mol. The van der Waals surface area contributed by atoms with Crippen LogP contribution in [-0.4, -0.2) is 46.0 Å². The number of rotatable bonds is 8. The SMILES string of the molecule is CCCNc1nc(SCCCOC)c2[nH]cnc2n1. The molecule has 19 heavy (non-hydrogen) atoms. The molecule has 0 spiro atoms. The summed E-state index contributed by atoms with van der Waals surface area (Å²) in [6.07, 6.45) is 3.69. The number of imidazole rings is 1.